The molecule has 0 fully saturated rings. The summed E-state index contributed by atoms with van der Waals surface area (Å²) in [5, 5.41) is 7.50. The van der Waals surface area contributed by atoms with Crippen LogP contribution in [0.15, 0.2) is 0 Å². The van der Waals surface area contributed by atoms with E-state index in [2.05, 4.69) is 14.2 Å². The van der Waals surface area contributed by atoms with Crippen LogP contribution >= 0.6 is 0 Å². The van der Waals surface area contributed by atoms with Gasteiger partial charge in [-0.2, -0.15) is 0 Å². The van der Waals surface area contributed by atoms with Gasteiger partial charge in [0, 0.05) is 0 Å². The Hall–Kier alpha value is -1.92. The number of rotatable bonds is 7. The first-order valence-electron chi connectivity index (χ1n) is 5.58. The molecule has 0 radical (unpaired) electrons. The molecule has 7 heteroatoms. The minimum atomic E-state index is -1.69. The largest absolute Gasteiger partial charge is 0.465 e. The zero-order valence-electron chi connectivity index (χ0n) is 10.6. The summed E-state index contributed by atoms with van der Waals surface area (Å²) in [5.74, 6) is -4.71. The second-order valence-electron chi connectivity index (χ2n) is 3.07. The van der Waals surface area contributed by atoms with Crippen LogP contribution < -0.4 is 0 Å². The van der Waals surface area contributed by atoms with Gasteiger partial charge in [-0.05, 0) is 20.8 Å². The first-order valence-corrected chi connectivity index (χ1v) is 5.58. The van der Waals surface area contributed by atoms with Gasteiger partial charge in [0.2, 0.25) is 5.92 Å². The fourth-order valence-corrected chi connectivity index (χ4v) is 1.11. The fraction of sp³-hybridized carbons (Fsp3) is 0.636. The van der Waals surface area contributed by atoms with Gasteiger partial charge in [0.1, 0.15) is 5.71 Å². The molecule has 1 N–H and O–H groups in total. The van der Waals surface area contributed by atoms with Crippen LogP contribution in [0.2, 0.25) is 0 Å². The molecule has 0 aromatic carbocycles. The Morgan fingerprint density at radius 1 is 0.889 bits per heavy atom. The van der Waals surface area contributed by atoms with E-state index in [0.717, 1.165) is 0 Å². The summed E-state index contributed by atoms with van der Waals surface area (Å²) in [6, 6.07) is 0. The molecule has 0 bridgehead atoms. The van der Waals surface area contributed by atoms with Crippen molar-refractivity contribution in [2.75, 3.05) is 19.8 Å². The maximum Gasteiger partial charge on any atom is 0.353 e. The minimum Gasteiger partial charge on any atom is -0.465 e. The molecule has 0 saturated carbocycles. The monoisotopic (exact) mass is 259 g/mol. The van der Waals surface area contributed by atoms with E-state index in [0.29, 0.717) is 0 Å². The van der Waals surface area contributed by atoms with Crippen LogP contribution in [-0.4, -0.2) is 43.4 Å². The second kappa shape index (κ2) is 8.21. The van der Waals surface area contributed by atoms with Crippen molar-refractivity contribution in [3.8, 4) is 0 Å². The zero-order chi connectivity index (χ0) is 14.1. The fourth-order valence-electron chi connectivity index (χ4n) is 1.11. The van der Waals surface area contributed by atoms with E-state index in [-0.39, 0.29) is 19.8 Å². The molecule has 0 amide bonds. The summed E-state index contributed by atoms with van der Waals surface area (Å²) >= 11 is 0. The normalized spacial score (nSPS) is 9.78. The Morgan fingerprint density at radius 2 is 1.28 bits per heavy atom. The molecule has 0 spiro atoms. The molecule has 0 unspecified atom stereocenters. The maximum atomic E-state index is 11.5. The van der Waals surface area contributed by atoms with Crippen molar-refractivity contribution in [3.63, 3.8) is 0 Å². The van der Waals surface area contributed by atoms with E-state index in [4.69, 9.17) is 5.41 Å². The third kappa shape index (κ3) is 4.52. The van der Waals surface area contributed by atoms with Crippen LogP contribution in [0.4, 0.5) is 0 Å². The Morgan fingerprint density at radius 3 is 1.61 bits per heavy atom. The van der Waals surface area contributed by atoms with Crippen LogP contribution in [0.1, 0.15) is 20.8 Å². The van der Waals surface area contributed by atoms with Gasteiger partial charge in [-0.3, -0.25) is 15.0 Å². The van der Waals surface area contributed by atoms with Crippen LogP contribution in [0.5, 0.6) is 0 Å². The summed E-state index contributed by atoms with van der Waals surface area (Å²) in [6.45, 7) is 4.76. The van der Waals surface area contributed by atoms with Gasteiger partial charge in [0.05, 0.1) is 19.8 Å². The third-order valence-electron chi connectivity index (χ3n) is 1.83. The van der Waals surface area contributed by atoms with Gasteiger partial charge in [-0.1, -0.05) is 0 Å². The van der Waals surface area contributed by atoms with E-state index in [1.54, 1.807) is 20.8 Å². The van der Waals surface area contributed by atoms with Gasteiger partial charge >= 0.3 is 17.9 Å². The molecule has 0 aromatic rings. The van der Waals surface area contributed by atoms with Gasteiger partial charge in [0.25, 0.3) is 0 Å². The number of carbonyl (C=O) groups excluding carboxylic acids is 3. The van der Waals surface area contributed by atoms with Crippen molar-refractivity contribution in [1.82, 2.24) is 0 Å². The molecule has 0 aromatic heterocycles. The standard InChI is InChI=1S/C11H17NO6/c1-4-16-9(13)7(10(14)17-5-2)8(12)11(15)18-6-3/h7,12H,4-6H2,1-3H3. The molecule has 18 heavy (non-hydrogen) atoms. The lowest BCUT2D eigenvalue weighted by Gasteiger charge is -2.14. The molecule has 0 aliphatic carbocycles. The van der Waals surface area contributed by atoms with Crippen molar-refractivity contribution < 1.29 is 28.6 Å². The number of ether oxygens (including phenoxy) is 3. The molecule has 0 heterocycles. The molecule has 102 valence electrons. The van der Waals surface area contributed by atoms with Crippen LogP contribution in [0, 0.1) is 11.3 Å². The second-order valence-corrected chi connectivity index (χ2v) is 3.07. The lowest BCUT2D eigenvalue weighted by Crippen LogP contribution is -2.39. The summed E-state index contributed by atoms with van der Waals surface area (Å²) in [6.07, 6.45) is 0. The predicted molar refractivity (Wildman–Crippen MR) is 61.1 cm³/mol. The molecule has 0 aliphatic rings. The van der Waals surface area contributed by atoms with Crippen molar-refractivity contribution in [2.45, 2.75) is 20.8 Å². The molecule has 7 nitrogen and oxygen atoms in total. The smallest absolute Gasteiger partial charge is 0.353 e. The highest BCUT2D eigenvalue weighted by atomic mass is 16.6. The summed E-state index contributed by atoms with van der Waals surface area (Å²) in [5.41, 5.74) is -0.784. The number of esters is 3. The van der Waals surface area contributed by atoms with Crippen LogP contribution in [-0.2, 0) is 28.6 Å². The summed E-state index contributed by atoms with van der Waals surface area (Å²) in [4.78, 5) is 34.4. The van der Waals surface area contributed by atoms with Crippen molar-refractivity contribution in [3.05, 3.63) is 0 Å². The predicted octanol–water partition coefficient (Wildman–Crippen LogP) is 0.312. The van der Waals surface area contributed by atoms with Crippen molar-refractivity contribution >= 4 is 23.6 Å². The van der Waals surface area contributed by atoms with Crippen LogP contribution in [0.25, 0.3) is 0 Å². The zero-order valence-corrected chi connectivity index (χ0v) is 10.6. The highest BCUT2D eigenvalue weighted by molar-refractivity contribution is 6.43. The highest BCUT2D eigenvalue weighted by Gasteiger charge is 2.38. The molecular weight excluding hydrogens is 242 g/mol. The number of nitrogens with one attached hydrogen (secondary N) is 1. The maximum absolute atomic E-state index is 11.5. The first-order chi connectivity index (χ1) is 8.49. The lowest BCUT2D eigenvalue weighted by molar-refractivity contribution is -0.159. The highest BCUT2D eigenvalue weighted by Crippen LogP contribution is 2.07. The quantitative estimate of drug-likeness (QED) is 0.305. The van der Waals surface area contributed by atoms with E-state index < -0.39 is 29.5 Å². The summed E-state index contributed by atoms with van der Waals surface area (Å²) < 4.78 is 13.8. The molecular formula is C11H17NO6. The van der Waals surface area contributed by atoms with E-state index >= 15 is 0 Å². The third-order valence-corrected chi connectivity index (χ3v) is 1.83. The lowest BCUT2D eigenvalue weighted by atomic mass is 10.0. The molecule has 0 saturated heterocycles. The van der Waals surface area contributed by atoms with Gasteiger partial charge < -0.3 is 14.2 Å². The number of carbonyl (C=O) groups is 3. The Labute approximate surface area is 105 Å². The van der Waals surface area contributed by atoms with Crippen molar-refractivity contribution in [1.29, 1.82) is 5.41 Å². The molecule has 0 aliphatic heterocycles. The van der Waals surface area contributed by atoms with E-state index in [9.17, 15) is 14.4 Å². The van der Waals surface area contributed by atoms with Gasteiger partial charge in [-0.15, -0.1) is 0 Å². The van der Waals surface area contributed by atoms with E-state index in [1.807, 2.05) is 0 Å². The molecule has 0 rings (SSSR count). The van der Waals surface area contributed by atoms with Gasteiger partial charge in [-0.25, -0.2) is 4.79 Å². The Kier molecular flexibility index (Phi) is 7.34. The average Bonchev–Trinajstić information content (AvgIpc) is 2.30. The average molecular weight is 259 g/mol. The van der Waals surface area contributed by atoms with Crippen molar-refractivity contribution in [2.24, 2.45) is 5.92 Å². The van der Waals surface area contributed by atoms with Crippen LogP contribution in [0.3, 0.4) is 0 Å². The first kappa shape index (κ1) is 16.1. The Bertz CT molecular complexity index is 320. The number of hydrogen-bond donors (Lipinski definition) is 1. The summed E-state index contributed by atoms with van der Waals surface area (Å²) in [7, 11) is 0. The Balaban J connectivity index is 4.96. The molecule has 0 atom stereocenters. The SMILES string of the molecule is CCOC(=O)C(=N)C(C(=O)OCC)C(=O)OCC. The van der Waals surface area contributed by atoms with E-state index in [1.165, 1.54) is 0 Å². The number of hydrogen-bond acceptors (Lipinski definition) is 7. The van der Waals surface area contributed by atoms with Gasteiger partial charge in [0.15, 0.2) is 0 Å². The minimum absolute atomic E-state index is 0.0326. The topological polar surface area (TPSA) is 103 Å².